The average Bonchev–Trinajstić information content (AvgIpc) is 0. The van der Waals surface area contributed by atoms with E-state index in [1.54, 1.807) is 0 Å². The quantitative estimate of drug-likeness (QED) is 0.675. The van der Waals surface area contributed by atoms with E-state index in [9.17, 15) is 0 Å². The van der Waals surface area contributed by atoms with E-state index >= 15 is 0 Å². The molecule has 0 aliphatic heterocycles. The van der Waals surface area contributed by atoms with Crippen molar-refractivity contribution in [2.45, 2.75) is 0 Å². The average molecular weight is 281 g/mol. The molecule has 7 heavy (non-hydrogen) atoms. The maximum atomic E-state index is 0. The van der Waals surface area contributed by atoms with Crippen LogP contribution in [0.1, 0.15) is 0 Å². The molecule has 0 aromatic rings. The molecule has 59 valence electrons. The first-order valence-electron chi connectivity index (χ1n) is 0. The summed E-state index contributed by atoms with van der Waals surface area (Å²) in [6, 6.07) is 0. The van der Waals surface area contributed by atoms with E-state index in [0.29, 0.717) is 0 Å². The molecular formula is H7Cl4CoNNi. The molecule has 0 aromatic heterocycles. The van der Waals surface area contributed by atoms with E-state index in [1.165, 1.54) is 0 Å². The SMILES string of the molecule is Cl.Cl.Cl.Cl.N.[Co].[Ni]. The summed E-state index contributed by atoms with van der Waals surface area (Å²) < 4.78 is 0. The Hall–Kier alpha value is 2.12. The van der Waals surface area contributed by atoms with Crippen LogP contribution in [0.5, 0.6) is 0 Å². The van der Waals surface area contributed by atoms with Gasteiger partial charge < -0.3 is 6.15 Å². The predicted octanol–water partition coefficient (Wildman–Crippen LogP) is 1.84. The topological polar surface area (TPSA) is 35.0 Å². The van der Waals surface area contributed by atoms with Gasteiger partial charge in [-0.15, -0.1) is 49.6 Å². The van der Waals surface area contributed by atoms with Gasteiger partial charge in [-0.05, 0) is 0 Å². The van der Waals surface area contributed by atoms with Crippen molar-refractivity contribution in [1.29, 1.82) is 0 Å². The third-order valence-corrected chi connectivity index (χ3v) is 0. The van der Waals surface area contributed by atoms with Gasteiger partial charge in [0.25, 0.3) is 0 Å². The summed E-state index contributed by atoms with van der Waals surface area (Å²) >= 11 is 0. The van der Waals surface area contributed by atoms with Crippen LogP contribution < -0.4 is 6.15 Å². The Balaban J connectivity index is 0. The van der Waals surface area contributed by atoms with Gasteiger partial charge in [-0.25, -0.2) is 0 Å². The van der Waals surface area contributed by atoms with Gasteiger partial charge in [-0.2, -0.15) is 0 Å². The second-order valence-electron chi connectivity index (χ2n) is 0. The summed E-state index contributed by atoms with van der Waals surface area (Å²) in [5.74, 6) is 0. The molecule has 0 saturated carbocycles. The Labute approximate surface area is 88.5 Å². The van der Waals surface area contributed by atoms with Gasteiger partial charge in [0.05, 0.1) is 0 Å². The zero-order chi connectivity index (χ0) is 0. The van der Waals surface area contributed by atoms with Crippen molar-refractivity contribution < 1.29 is 33.3 Å². The van der Waals surface area contributed by atoms with E-state index < -0.39 is 0 Å². The predicted molar refractivity (Wildman–Crippen MR) is 34.0 cm³/mol. The molecule has 7 heteroatoms. The fraction of sp³-hybridized carbons (Fsp3) is 0. The molecule has 1 nitrogen and oxygen atoms in total. The Bertz CT molecular complexity index is 11.7. The van der Waals surface area contributed by atoms with Gasteiger partial charge in [0.1, 0.15) is 0 Å². The van der Waals surface area contributed by atoms with Gasteiger partial charge in [-0.1, -0.05) is 0 Å². The maximum absolute atomic E-state index is 0. The zero-order valence-corrected chi connectivity index (χ0v) is 8.28. The summed E-state index contributed by atoms with van der Waals surface area (Å²) in [6.45, 7) is 0. The van der Waals surface area contributed by atoms with E-state index in [1.807, 2.05) is 0 Å². The zero-order valence-electron chi connectivity index (χ0n) is 2.99. The summed E-state index contributed by atoms with van der Waals surface area (Å²) in [7, 11) is 0. The molecule has 0 fully saturated rings. The molecule has 0 heterocycles. The van der Waals surface area contributed by atoms with E-state index in [-0.39, 0.29) is 89.0 Å². The molecule has 0 unspecified atom stereocenters. The monoisotopic (exact) mass is 278 g/mol. The minimum atomic E-state index is 0. The van der Waals surface area contributed by atoms with E-state index in [2.05, 4.69) is 0 Å². The van der Waals surface area contributed by atoms with Gasteiger partial charge in [0.2, 0.25) is 0 Å². The van der Waals surface area contributed by atoms with Crippen LogP contribution >= 0.6 is 49.6 Å². The number of hydrogen-bond acceptors (Lipinski definition) is 1. The summed E-state index contributed by atoms with van der Waals surface area (Å²) in [5.41, 5.74) is 0. The standard InChI is InChI=1S/4ClH.Co.H3N.Ni/h4*1H;;1H3;. The first-order chi connectivity index (χ1) is 0. The third kappa shape index (κ3) is 67.7. The first kappa shape index (κ1) is 134. The third-order valence-electron chi connectivity index (χ3n) is 0. The minimum absolute atomic E-state index is 0. The number of halogens is 4. The van der Waals surface area contributed by atoms with Crippen LogP contribution in [0, 0.1) is 0 Å². The smallest absolute Gasteiger partial charge is 0 e. The Morgan fingerprint density at radius 3 is 0.571 bits per heavy atom. The normalized spacial score (nSPS) is 0. The largest absolute Gasteiger partial charge is 0.344 e. The summed E-state index contributed by atoms with van der Waals surface area (Å²) in [6.07, 6.45) is 0. The molecule has 0 atom stereocenters. The van der Waals surface area contributed by atoms with Crippen LogP contribution in [0.25, 0.3) is 0 Å². The van der Waals surface area contributed by atoms with Crippen molar-refractivity contribution in [2.24, 2.45) is 0 Å². The molecule has 0 spiro atoms. The summed E-state index contributed by atoms with van der Waals surface area (Å²) in [5, 5.41) is 0. The van der Waals surface area contributed by atoms with Crippen LogP contribution in [0.3, 0.4) is 0 Å². The molecule has 0 rings (SSSR count). The molecule has 0 aliphatic rings. The molecule has 1 radical (unpaired) electrons. The first-order valence-corrected chi connectivity index (χ1v) is 0. The van der Waals surface area contributed by atoms with Gasteiger partial charge in [0.15, 0.2) is 0 Å². The van der Waals surface area contributed by atoms with Crippen molar-refractivity contribution in [2.75, 3.05) is 0 Å². The molecule has 0 aromatic carbocycles. The van der Waals surface area contributed by atoms with Gasteiger partial charge in [-0.3, -0.25) is 0 Å². The number of hydrogen-bond donors (Lipinski definition) is 1. The second kappa shape index (κ2) is 91.6. The van der Waals surface area contributed by atoms with Crippen LogP contribution in [0.15, 0.2) is 0 Å². The van der Waals surface area contributed by atoms with E-state index in [4.69, 9.17) is 0 Å². The summed E-state index contributed by atoms with van der Waals surface area (Å²) in [4.78, 5) is 0. The van der Waals surface area contributed by atoms with Crippen molar-refractivity contribution >= 4 is 49.6 Å². The number of rotatable bonds is 0. The van der Waals surface area contributed by atoms with Gasteiger partial charge >= 0.3 is 0 Å². The van der Waals surface area contributed by atoms with Gasteiger partial charge in [0, 0.05) is 33.3 Å². The van der Waals surface area contributed by atoms with E-state index in [0.717, 1.165) is 0 Å². The van der Waals surface area contributed by atoms with Crippen LogP contribution in [-0.2, 0) is 33.3 Å². The molecule has 0 aliphatic carbocycles. The Kier molecular flexibility index (Phi) is 1750. The second-order valence-corrected chi connectivity index (χ2v) is 0. The van der Waals surface area contributed by atoms with Crippen molar-refractivity contribution in [3.63, 3.8) is 0 Å². The molecule has 3 N–H and O–H groups in total. The van der Waals surface area contributed by atoms with Crippen LogP contribution in [-0.4, -0.2) is 0 Å². The van der Waals surface area contributed by atoms with Crippen molar-refractivity contribution in [3.05, 3.63) is 0 Å². The van der Waals surface area contributed by atoms with Crippen molar-refractivity contribution in [1.82, 2.24) is 6.15 Å². The van der Waals surface area contributed by atoms with Crippen LogP contribution in [0.2, 0.25) is 0 Å². The fourth-order valence-electron chi connectivity index (χ4n) is 0. The Morgan fingerprint density at radius 1 is 0.571 bits per heavy atom. The fourth-order valence-corrected chi connectivity index (χ4v) is 0. The minimum Gasteiger partial charge on any atom is -0.344 e. The molecule has 0 saturated heterocycles. The van der Waals surface area contributed by atoms with Crippen molar-refractivity contribution in [3.8, 4) is 0 Å². The molecular weight excluding hydrogens is 273 g/mol. The molecule has 0 bridgehead atoms. The molecule has 0 amide bonds. The van der Waals surface area contributed by atoms with Crippen LogP contribution in [0.4, 0.5) is 0 Å². The Morgan fingerprint density at radius 2 is 0.571 bits per heavy atom. The maximum Gasteiger partial charge on any atom is 0 e.